The normalized spacial score (nSPS) is 16.4. The SMILES string of the molecule is C=C(/C=C\n1ncc(C(=O)NOCCO)c1N)N1CCC[C@@H]1c1cc(F)cnc1Cl. The number of allylic oxidation sites excluding steroid dienone is 1. The lowest BCUT2D eigenvalue weighted by Gasteiger charge is -2.27. The molecular weight excluding hydrogens is 415 g/mol. The fraction of sp³-hybridized carbons (Fsp3) is 0.316. The number of likely N-dealkylation sites (tertiary alicyclic amines) is 1. The third kappa shape index (κ3) is 4.78. The molecule has 0 bridgehead atoms. The van der Waals surface area contributed by atoms with Gasteiger partial charge in [0.1, 0.15) is 22.4 Å². The number of nitrogens with one attached hydrogen (secondary N) is 1. The van der Waals surface area contributed by atoms with Gasteiger partial charge in [-0.15, -0.1) is 0 Å². The van der Waals surface area contributed by atoms with Gasteiger partial charge < -0.3 is 15.7 Å². The molecule has 0 spiro atoms. The van der Waals surface area contributed by atoms with E-state index in [1.807, 2.05) is 4.90 Å². The Bertz CT molecular complexity index is 964. The molecule has 1 aliphatic heterocycles. The van der Waals surface area contributed by atoms with Crippen molar-refractivity contribution < 1.29 is 19.1 Å². The number of nitrogen functional groups attached to an aromatic ring is 1. The molecule has 0 aromatic carbocycles. The van der Waals surface area contributed by atoms with Crippen LogP contribution in [0, 0.1) is 5.82 Å². The molecule has 0 radical (unpaired) electrons. The van der Waals surface area contributed by atoms with Crippen molar-refractivity contribution >= 4 is 29.5 Å². The number of carbonyl (C=O) groups is 1. The number of hydrogen-bond donors (Lipinski definition) is 3. The minimum absolute atomic E-state index is 0.0403. The van der Waals surface area contributed by atoms with Crippen LogP contribution in [0.5, 0.6) is 0 Å². The third-order valence-electron chi connectivity index (χ3n) is 4.66. The van der Waals surface area contributed by atoms with Crippen LogP contribution in [0.3, 0.4) is 0 Å². The first-order chi connectivity index (χ1) is 14.4. The first-order valence-corrected chi connectivity index (χ1v) is 9.60. The maximum absolute atomic E-state index is 13.7. The Morgan fingerprint density at radius 1 is 1.53 bits per heavy atom. The average molecular weight is 437 g/mol. The summed E-state index contributed by atoms with van der Waals surface area (Å²) in [6, 6.07) is 1.25. The molecule has 1 saturated heterocycles. The van der Waals surface area contributed by atoms with Crippen molar-refractivity contribution in [1.29, 1.82) is 0 Å². The fourth-order valence-electron chi connectivity index (χ4n) is 3.24. The van der Waals surface area contributed by atoms with Crippen LogP contribution in [0.1, 0.15) is 34.8 Å². The fourth-order valence-corrected chi connectivity index (χ4v) is 3.47. The number of hydroxylamine groups is 1. The molecule has 2 aromatic heterocycles. The number of amides is 1. The van der Waals surface area contributed by atoms with Crippen molar-refractivity contribution in [1.82, 2.24) is 25.1 Å². The number of nitrogens with zero attached hydrogens (tertiary/aromatic N) is 4. The molecule has 0 saturated carbocycles. The number of anilines is 1. The van der Waals surface area contributed by atoms with Crippen LogP contribution in [0.25, 0.3) is 6.20 Å². The Morgan fingerprint density at radius 2 is 2.33 bits per heavy atom. The van der Waals surface area contributed by atoms with Crippen molar-refractivity contribution in [3.8, 4) is 0 Å². The molecule has 30 heavy (non-hydrogen) atoms. The Labute approximate surface area is 177 Å². The maximum atomic E-state index is 13.7. The van der Waals surface area contributed by atoms with E-state index in [0.717, 1.165) is 25.6 Å². The number of pyridine rings is 1. The summed E-state index contributed by atoms with van der Waals surface area (Å²) in [6.45, 7) is 4.54. The zero-order valence-corrected chi connectivity index (χ0v) is 16.8. The predicted octanol–water partition coefficient (Wildman–Crippen LogP) is 2.13. The topological polar surface area (TPSA) is 119 Å². The highest BCUT2D eigenvalue weighted by atomic mass is 35.5. The molecule has 1 atom stereocenters. The summed E-state index contributed by atoms with van der Waals surface area (Å²) in [5, 5.41) is 13.0. The van der Waals surface area contributed by atoms with Crippen molar-refractivity contribution in [2.75, 3.05) is 25.5 Å². The quantitative estimate of drug-likeness (QED) is 0.251. The number of hydrogen-bond acceptors (Lipinski definition) is 7. The zero-order chi connectivity index (χ0) is 21.7. The molecule has 11 heteroatoms. The molecule has 3 heterocycles. The minimum Gasteiger partial charge on any atom is -0.394 e. The Kier molecular flexibility index (Phi) is 7.03. The number of nitrogens with two attached hydrogens (primary N) is 1. The highest BCUT2D eigenvalue weighted by molar-refractivity contribution is 6.30. The number of aromatic nitrogens is 3. The molecule has 160 valence electrons. The van der Waals surface area contributed by atoms with Crippen LogP contribution in [-0.4, -0.2) is 50.4 Å². The van der Waals surface area contributed by atoms with Crippen molar-refractivity contribution in [2.45, 2.75) is 18.9 Å². The molecule has 9 nitrogen and oxygen atoms in total. The molecule has 0 unspecified atom stereocenters. The second-order valence-corrected chi connectivity index (χ2v) is 6.94. The summed E-state index contributed by atoms with van der Waals surface area (Å²) >= 11 is 6.17. The summed E-state index contributed by atoms with van der Waals surface area (Å²) in [5.41, 5.74) is 9.54. The maximum Gasteiger partial charge on any atom is 0.280 e. The molecule has 0 aliphatic carbocycles. The van der Waals surface area contributed by atoms with Gasteiger partial charge in [0.2, 0.25) is 0 Å². The average Bonchev–Trinajstić information content (AvgIpc) is 3.35. The molecule has 4 N–H and O–H groups in total. The zero-order valence-electron chi connectivity index (χ0n) is 16.1. The van der Waals surface area contributed by atoms with Crippen LogP contribution in [0.4, 0.5) is 10.2 Å². The van der Waals surface area contributed by atoms with E-state index >= 15 is 0 Å². The smallest absolute Gasteiger partial charge is 0.280 e. The van der Waals surface area contributed by atoms with Gasteiger partial charge in [0, 0.05) is 24.0 Å². The van der Waals surface area contributed by atoms with Gasteiger partial charge >= 0.3 is 0 Å². The standard InChI is InChI=1S/C19H22ClFN6O3/c1-12(26-5-2-3-16(26)14-9-13(21)10-23-17(14)20)4-6-27-18(22)15(11-24-27)19(29)25-30-8-7-28/h4,6,9-11,16,28H,1-3,5,7-8,22H2,(H,25,29)/b6-4-/t16-/m1/s1. The first-order valence-electron chi connectivity index (χ1n) is 9.23. The van der Waals surface area contributed by atoms with Crippen molar-refractivity contribution in [2.24, 2.45) is 0 Å². The van der Waals surface area contributed by atoms with E-state index in [-0.39, 0.29) is 35.8 Å². The van der Waals surface area contributed by atoms with Crippen LogP contribution < -0.4 is 11.2 Å². The molecule has 1 aliphatic rings. The van der Waals surface area contributed by atoms with E-state index < -0.39 is 11.7 Å². The molecule has 2 aromatic rings. The molecule has 3 rings (SSSR count). The van der Waals surface area contributed by atoms with Gasteiger partial charge in [0.15, 0.2) is 0 Å². The summed E-state index contributed by atoms with van der Waals surface area (Å²) < 4.78 is 15.0. The highest BCUT2D eigenvalue weighted by Crippen LogP contribution is 2.37. The van der Waals surface area contributed by atoms with E-state index in [2.05, 4.69) is 22.1 Å². The second kappa shape index (κ2) is 9.70. The van der Waals surface area contributed by atoms with E-state index in [1.165, 1.54) is 16.9 Å². The second-order valence-electron chi connectivity index (χ2n) is 6.58. The lowest BCUT2D eigenvalue weighted by atomic mass is 10.1. The van der Waals surface area contributed by atoms with E-state index in [1.54, 1.807) is 12.3 Å². The number of rotatable bonds is 8. The number of carbonyl (C=O) groups excluding carboxylic acids is 1. The molecule has 1 fully saturated rings. The first kappa shape index (κ1) is 21.8. The summed E-state index contributed by atoms with van der Waals surface area (Å²) in [4.78, 5) is 22.7. The van der Waals surface area contributed by atoms with Gasteiger partial charge in [-0.1, -0.05) is 18.2 Å². The minimum atomic E-state index is -0.577. The van der Waals surface area contributed by atoms with Gasteiger partial charge in [0.05, 0.1) is 31.6 Å². The Hall–Kier alpha value is -2.95. The van der Waals surface area contributed by atoms with E-state index in [9.17, 15) is 9.18 Å². The van der Waals surface area contributed by atoms with Crippen LogP contribution in [-0.2, 0) is 4.84 Å². The van der Waals surface area contributed by atoms with Gasteiger partial charge in [0.25, 0.3) is 5.91 Å². The highest BCUT2D eigenvalue weighted by Gasteiger charge is 2.28. The van der Waals surface area contributed by atoms with Gasteiger partial charge in [-0.3, -0.25) is 9.63 Å². The van der Waals surface area contributed by atoms with E-state index in [0.29, 0.717) is 11.3 Å². The van der Waals surface area contributed by atoms with Crippen LogP contribution in [0.2, 0.25) is 5.15 Å². The lowest BCUT2D eigenvalue weighted by Crippen LogP contribution is -2.25. The Balaban J connectivity index is 1.71. The Morgan fingerprint density at radius 3 is 3.10 bits per heavy atom. The third-order valence-corrected chi connectivity index (χ3v) is 4.97. The number of aliphatic hydroxyl groups is 1. The monoisotopic (exact) mass is 436 g/mol. The van der Waals surface area contributed by atoms with Crippen LogP contribution in [0.15, 0.2) is 36.8 Å². The largest absolute Gasteiger partial charge is 0.394 e. The van der Waals surface area contributed by atoms with Gasteiger partial charge in [-0.2, -0.15) is 5.10 Å². The van der Waals surface area contributed by atoms with Gasteiger partial charge in [-0.05, 0) is 25.0 Å². The van der Waals surface area contributed by atoms with Gasteiger partial charge in [-0.25, -0.2) is 19.5 Å². The summed E-state index contributed by atoms with van der Waals surface area (Å²) in [5.74, 6) is -0.910. The lowest BCUT2D eigenvalue weighted by molar-refractivity contribution is 0.0169. The summed E-state index contributed by atoms with van der Waals surface area (Å²) in [6.07, 6.45) is 7.35. The summed E-state index contributed by atoms with van der Waals surface area (Å²) in [7, 11) is 0. The molecule has 1 amide bonds. The van der Waals surface area contributed by atoms with Crippen molar-refractivity contribution in [3.63, 3.8) is 0 Å². The van der Waals surface area contributed by atoms with E-state index in [4.69, 9.17) is 27.3 Å². The number of halogens is 2. The molecular formula is C19H22ClFN6O3. The van der Waals surface area contributed by atoms with Crippen molar-refractivity contribution in [3.05, 3.63) is 58.9 Å². The van der Waals surface area contributed by atoms with Crippen LogP contribution >= 0.6 is 11.6 Å². The predicted molar refractivity (Wildman–Crippen MR) is 109 cm³/mol. The number of aliphatic hydroxyl groups excluding tert-OH is 1.